The molecular formula is C19H18N4O3. The van der Waals surface area contributed by atoms with Crippen molar-refractivity contribution in [2.45, 2.75) is 13.5 Å². The molecule has 1 amide bonds. The first-order chi connectivity index (χ1) is 12.7. The minimum absolute atomic E-state index is 0.121. The van der Waals surface area contributed by atoms with E-state index in [1.807, 2.05) is 31.2 Å². The Balaban J connectivity index is 1.71. The lowest BCUT2D eigenvalue weighted by molar-refractivity contribution is -0.116. The second kappa shape index (κ2) is 8.06. The Hall–Kier alpha value is -3.48. The van der Waals surface area contributed by atoms with Gasteiger partial charge in [0.1, 0.15) is 12.3 Å². The lowest BCUT2D eigenvalue weighted by atomic mass is 10.1. The van der Waals surface area contributed by atoms with Gasteiger partial charge >= 0.3 is 0 Å². The molecule has 0 radical (unpaired) electrons. The maximum absolute atomic E-state index is 12.3. The molecule has 3 aromatic rings. The van der Waals surface area contributed by atoms with Crippen molar-refractivity contribution in [3.63, 3.8) is 0 Å². The van der Waals surface area contributed by atoms with E-state index in [9.17, 15) is 9.59 Å². The molecule has 3 rings (SSSR count). The van der Waals surface area contributed by atoms with Crippen LogP contribution >= 0.6 is 0 Å². The Kier molecular flexibility index (Phi) is 5.38. The summed E-state index contributed by atoms with van der Waals surface area (Å²) in [4.78, 5) is 32.5. The van der Waals surface area contributed by atoms with Crippen LogP contribution in [0.4, 0.5) is 5.69 Å². The molecule has 132 valence electrons. The Morgan fingerprint density at radius 2 is 2.04 bits per heavy atom. The van der Waals surface area contributed by atoms with Gasteiger partial charge in [-0.3, -0.25) is 19.1 Å². The monoisotopic (exact) mass is 350 g/mol. The van der Waals surface area contributed by atoms with Gasteiger partial charge in [0.05, 0.1) is 30.5 Å². The van der Waals surface area contributed by atoms with Gasteiger partial charge in [0.25, 0.3) is 5.56 Å². The van der Waals surface area contributed by atoms with E-state index in [0.717, 1.165) is 11.3 Å². The summed E-state index contributed by atoms with van der Waals surface area (Å²) < 4.78 is 6.65. The zero-order valence-corrected chi connectivity index (χ0v) is 14.3. The van der Waals surface area contributed by atoms with Gasteiger partial charge in [0.2, 0.25) is 5.91 Å². The number of hydrogen-bond donors (Lipinski definition) is 1. The van der Waals surface area contributed by atoms with E-state index in [-0.39, 0.29) is 18.0 Å². The number of amides is 1. The molecule has 0 unspecified atom stereocenters. The third-order valence-electron chi connectivity index (χ3n) is 3.60. The molecular weight excluding hydrogens is 332 g/mol. The van der Waals surface area contributed by atoms with Crippen molar-refractivity contribution in [2.75, 3.05) is 11.9 Å². The zero-order valence-electron chi connectivity index (χ0n) is 14.3. The second-order valence-electron chi connectivity index (χ2n) is 5.49. The number of hydrogen-bond acceptors (Lipinski definition) is 5. The average Bonchev–Trinajstić information content (AvgIpc) is 2.65. The summed E-state index contributed by atoms with van der Waals surface area (Å²) in [7, 11) is 0. The standard InChI is InChI=1S/C19H18N4O3/c1-2-26-16-7-5-14(6-8-16)17-10-19(25)23(13-21-17)12-18(24)22-15-4-3-9-20-11-15/h3-11,13H,2,12H2,1H3,(H,22,24). The molecule has 0 spiro atoms. The van der Waals surface area contributed by atoms with Gasteiger partial charge in [-0.1, -0.05) is 0 Å². The van der Waals surface area contributed by atoms with Crippen molar-refractivity contribution in [3.05, 3.63) is 71.5 Å². The number of carbonyl (C=O) groups excluding carboxylic acids is 1. The van der Waals surface area contributed by atoms with Gasteiger partial charge in [-0.2, -0.15) is 0 Å². The second-order valence-corrected chi connectivity index (χ2v) is 5.49. The van der Waals surface area contributed by atoms with Gasteiger partial charge in [0, 0.05) is 17.8 Å². The van der Waals surface area contributed by atoms with E-state index in [4.69, 9.17) is 4.74 Å². The fraction of sp³-hybridized carbons (Fsp3) is 0.158. The Morgan fingerprint density at radius 3 is 2.69 bits per heavy atom. The van der Waals surface area contributed by atoms with E-state index in [2.05, 4.69) is 15.3 Å². The SMILES string of the molecule is CCOc1ccc(-c2cc(=O)n(CC(=O)Nc3cccnc3)cn2)cc1. The van der Waals surface area contributed by atoms with E-state index in [1.165, 1.54) is 23.2 Å². The molecule has 0 aliphatic rings. The number of ether oxygens (including phenoxy) is 1. The van der Waals surface area contributed by atoms with Crippen LogP contribution in [0.25, 0.3) is 11.3 Å². The average molecular weight is 350 g/mol. The summed E-state index contributed by atoms with van der Waals surface area (Å²) in [6.07, 6.45) is 4.52. The summed E-state index contributed by atoms with van der Waals surface area (Å²) in [5.41, 5.74) is 1.62. The Bertz CT molecular complexity index is 937. The normalized spacial score (nSPS) is 10.3. The summed E-state index contributed by atoms with van der Waals surface area (Å²) in [5.74, 6) is 0.437. The van der Waals surface area contributed by atoms with Crippen molar-refractivity contribution in [1.82, 2.24) is 14.5 Å². The highest BCUT2D eigenvalue weighted by Gasteiger charge is 2.08. The fourth-order valence-electron chi connectivity index (χ4n) is 2.38. The van der Waals surface area contributed by atoms with Crippen molar-refractivity contribution >= 4 is 11.6 Å². The quantitative estimate of drug-likeness (QED) is 0.737. The smallest absolute Gasteiger partial charge is 0.254 e. The Labute approximate surface area is 150 Å². The lowest BCUT2D eigenvalue weighted by Crippen LogP contribution is -2.27. The highest BCUT2D eigenvalue weighted by Crippen LogP contribution is 2.19. The minimum atomic E-state index is -0.323. The van der Waals surface area contributed by atoms with Crippen LogP contribution in [0.3, 0.4) is 0 Å². The van der Waals surface area contributed by atoms with Crippen LogP contribution in [0.1, 0.15) is 6.92 Å². The van der Waals surface area contributed by atoms with Crippen molar-refractivity contribution in [2.24, 2.45) is 0 Å². The number of benzene rings is 1. The van der Waals surface area contributed by atoms with Crippen LogP contribution in [0.2, 0.25) is 0 Å². The van der Waals surface area contributed by atoms with Crippen molar-refractivity contribution < 1.29 is 9.53 Å². The zero-order chi connectivity index (χ0) is 18.4. The molecule has 0 bridgehead atoms. The molecule has 0 fully saturated rings. The summed E-state index contributed by atoms with van der Waals surface area (Å²) in [5, 5.41) is 2.68. The number of nitrogens with zero attached hydrogens (tertiary/aromatic N) is 3. The first kappa shape index (κ1) is 17.3. The predicted octanol–water partition coefficient (Wildman–Crippen LogP) is 2.34. The summed E-state index contributed by atoms with van der Waals surface area (Å²) in [6, 6.07) is 12.2. The maximum Gasteiger partial charge on any atom is 0.254 e. The number of aromatic nitrogens is 3. The largest absolute Gasteiger partial charge is 0.494 e. The number of rotatable bonds is 6. The molecule has 2 aromatic heterocycles. The molecule has 26 heavy (non-hydrogen) atoms. The molecule has 2 heterocycles. The van der Waals surface area contributed by atoms with Crippen LogP contribution in [0.5, 0.6) is 5.75 Å². The van der Waals surface area contributed by atoms with Crippen molar-refractivity contribution in [1.29, 1.82) is 0 Å². The molecule has 1 aromatic carbocycles. The van der Waals surface area contributed by atoms with Crippen LogP contribution in [0.15, 0.2) is 66.0 Å². The van der Waals surface area contributed by atoms with Crippen molar-refractivity contribution in [3.8, 4) is 17.0 Å². The first-order valence-corrected chi connectivity index (χ1v) is 8.15. The molecule has 0 saturated heterocycles. The Morgan fingerprint density at radius 1 is 1.23 bits per heavy atom. The predicted molar refractivity (Wildman–Crippen MR) is 98.0 cm³/mol. The molecule has 0 aliphatic carbocycles. The van der Waals surface area contributed by atoms with Gasteiger partial charge in [-0.15, -0.1) is 0 Å². The van der Waals surface area contributed by atoms with Crippen LogP contribution < -0.4 is 15.6 Å². The molecule has 7 nitrogen and oxygen atoms in total. The van der Waals surface area contributed by atoms with E-state index < -0.39 is 0 Å². The van der Waals surface area contributed by atoms with Gasteiger partial charge in [-0.05, 0) is 43.3 Å². The number of nitrogens with one attached hydrogen (secondary N) is 1. The molecule has 7 heteroatoms. The van der Waals surface area contributed by atoms with Crippen LogP contribution in [-0.2, 0) is 11.3 Å². The third-order valence-corrected chi connectivity index (χ3v) is 3.60. The third kappa shape index (κ3) is 4.32. The highest BCUT2D eigenvalue weighted by molar-refractivity contribution is 5.90. The summed E-state index contributed by atoms with van der Waals surface area (Å²) >= 11 is 0. The van der Waals surface area contributed by atoms with Gasteiger partial charge in [0.15, 0.2) is 0 Å². The van der Waals surface area contributed by atoms with E-state index in [1.54, 1.807) is 18.3 Å². The fourth-order valence-corrected chi connectivity index (χ4v) is 2.38. The molecule has 0 saturated carbocycles. The van der Waals surface area contributed by atoms with E-state index in [0.29, 0.717) is 18.0 Å². The lowest BCUT2D eigenvalue weighted by Gasteiger charge is -2.08. The molecule has 0 aliphatic heterocycles. The number of pyridine rings is 1. The highest BCUT2D eigenvalue weighted by atomic mass is 16.5. The molecule has 0 atom stereocenters. The topological polar surface area (TPSA) is 86.1 Å². The van der Waals surface area contributed by atoms with Gasteiger partial charge < -0.3 is 10.1 Å². The maximum atomic E-state index is 12.3. The number of carbonyl (C=O) groups is 1. The first-order valence-electron chi connectivity index (χ1n) is 8.15. The van der Waals surface area contributed by atoms with E-state index >= 15 is 0 Å². The number of anilines is 1. The van der Waals surface area contributed by atoms with Crippen LogP contribution in [0, 0.1) is 0 Å². The van der Waals surface area contributed by atoms with Crippen LogP contribution in [-0.4, -0.2) is 27.0 Å². The minimum Gasteiger partial charge on any atom is -0.494 e. The molecule has 1 N–H and O–H groups in total. The summed E-state index contributed by atoms with van der Waals surface area (Å²) in [6.45, 7) is 2.39. The van der Waals surface area contributed by atoms with Gasteiger partial charge in [-0.25, -0.2) is 4.98 Å².